The Morgan fingerprint density at radius 2 is 1.65 bits per heavy atom. The van der Waals surface area contributed by atoms with Crippen LogP contribution in [-0.4, -0.2) is 15.9 Å². The number of carbonyl (C=O) groups excluding carboxylic acids is 1. The first-order valence-electron chi connectivity index (χ1n) is 7.55. The second-order valence-electron chi connectivity index (χ2n) is 5.62. The Labute approximate surface area is 155 Å². The average molecular weight is 397 g/mol. The van der Waals surface area contributed by atoms with Crippen molar-refractivity contribution in [2.75, 3.05) is 5.32 Å². The maximum Gasteiger partial charge on any atom is 0.416 e. The summed E-state index contributed by atoms with van der Waals surface area (Å²) in [6.07, 6.45) is -4.38. The lowest BCUT2D eigenvalue weighted by atomic mass is 10.1. The van der Waals surface area contributed by atoms with Crippen molar-refractivity contribution in [2.24, 2.45) is 0 Å². The van der Waals surface area contributed by atoms with Crippen LogP contribution in [-0.2, 0) is 6.18 Å². The van der Waals surface area contributed by atoms with Crippen LogP contribution in [0.5, 0.6) is 0 Å². The van der Waals surface area contributed by atoms with Crippen molar-refractivity contribution in [3.8, 4) is 10.6 Å². The Balaban J connectivity index is 1.83. The molecule has 2 heterocycles. The standard InChI is InChI=1S/C17H14F3N3OS2/c1-8-10(3)25-16(22-8)23-14(24)13-9(2)21-15(26-13)11-4-6-12(7-5-11)17(18,19)20/h4-7H,1-3H3,(H,22,23,24). The number of aromatic nitrogens is 2. The first-order valence-corrected chi connectivity index (χ1v) is 9.19. The van der Waals surface area contributed by atoms with Gasteiger partial charge in [0.1, 0.15) is 9.88 Å². The molecule has 0 aliphatic rings. The molecule has 2 aromatic heterocycles. The van der Waals surface area contributed by atoms with Crippen LogP contribution in [0.2, 0.25) is 0 Å². The fourth-order valence-corrected chi connectivity index (χ4v) is 3.99. The van der Waals surface area contributed by atoms with Gasteiger partial charge in [0.2, 0.25) is 0 Å². The first kappa shape index (κ1) is 18.5. The molecule has 4 nitrogen and oxygen atoms in total. The van der Waals surface area contributed by atoms with Crippen LogP contribution in [0.25, 0.3) is 10.6 Å². The fraction of sp³-hybridized carbons (Fsp3) is 0.235. The van der Waals surface area contributed by atoms with E-state index in [9.17, 15) is 18.0 Å². The summed E-state index contributed by atoms with van der Waals surface area (Å²) in [6, 6.07) is 4.73. The Morgan fingerprint density at radius 1 is 1.00 bits per heavy atom. The van der Waals surface area contributed by atoms with Crippen LogP contribution >= 0.6 is 22.7 Å². The summed E-state index contributed by atoms with van der Waals surface area (Å²) in [4.78, 5) is 22.5. The highest BCUT2D eigenvalue weighted by Gasteiger charge is 2.30. The smallest absolute Gasteiger partial charge is 0.297 e. The summed E-state index contributed by atoms with van der Waals surface area (Å²) in [6.45, 7) is 5.48. The molecule has 0 unspecified atom stereocenters. The molecule has 0 saturated carbocycles. The zero-order valence-corrected chi connectivity index (χ0v) is 15.7. The van der Waals surface area contributed by atoms with Crippen molar-refractivity contribution in [2.45, 2.75) is 26.9 Å². The summed E-state index contributed by atoms with van der Waals surface area (Å²) >= 11 is 2.52. The van der Waals surface area contributed by atoms with Crippen molar-refractivity contribution in [3.63, 3.8) is 0 Å². The van der Waals surface area contributed by atoms with E-state index in [1.54, 1.807) is 6.92 Å². The van der Waals surface area contributed by atoms with Gasteiger partial charge in [-0.3, -0.25) is 10.1 Å². The molecule has 0 radical (unpaired) electrons. The predicted octanol–water partition coefficient (Wildman–Crippen LogP) is 5.46. The molecule has 9 heteroatoms. The third-order valence-corrected chi connectivity index (χ3v) is 5.90. The molecular formula is C17H14F3N3OS2. The number of aryl methyl sites for hydroxylation is 3. The number of thiazole rings is 2. The number of alkyl halides is 3. The van der Waals surface area contributed by atoms with Gasteiger partial charge in [-0.1, -0.05) is 12.1 Å². The quantitative estimate of drug-likeness (QED) is 0.638. The lowest BCUT2D eigenvalue weighted by Crippen LogP contribution is -2.11. The van der Waals surface area contributed by atoms with Crippen LogP contribution in [0.4, 0.5) is 18.3 Å². The third-order valence-electron chi connectivity index (χ3n) is 3.71. The van der Waals surface area contributed by atoms with Gasteiger partial charge in [0, 0.05) is 10.4 Å². The molecule has 0 aliphatic carbocycles. The number of rotatable bonds is 3. The number of hydrogen-bond acceptors (Lipinski definition) is 5. The molecule has 0 aliphatic heterocycles. The predicted molar refractivity (Wildman–Crippen MR) is 96.8 cm³/mol. The summed E-state index contributed by atoms with van der Waals surface area (Å²) in [5.74, 6) is -0.327. The van der Waals surface area contributed by atoms with Crippen molar-refractivity contribution >= 4 is 33.7 Å². The van der Waals surface area contributed by atoms with Gasteiger partial charge in [-0.05, 0) is 32.9 Å². The molecule has 0 fully saturated rings. The molecule has 0 bridgehead atoms. The van der Waals surface area contributed by atoms with E-state index in [1.807, 2.05) is 13.8 Å². The van der Waals surface area contributed by atoms with Gasteiger partial charge in [-0.2, -0.15) is 13.2 Å². The largest absolute Gasteiger partial charge is 0.416 e. The molecule has 3 aromatic rings. The van der Waals surface area contributed by atoms with E-state index in [-0.39, 0.29) is 5.91 Å². The van der Waals surface area contributed by atoms with Gasteiger partial charge < -0.3 is 0 Å². The molecular weight excluding hydrogens is 383 g/mol. The molecule has 0 atom stereocenters. The fourth-order valence-electron chi connectivity index (χ4n) is 2.21. The van der Waals surface area contributed by atoms with E-state index >= 15 is 0 Å². The average Bonchev–Trinajstić information content (AvgIpc) is 3.09. The number of amides is 1. The number of hydrogen-bond donors (Lipinski definition) is 1. The van der Waals surface area contributed by atoms with E-state index in [0.717, 1.165) is 34.0 Å². The molecule has 26 heavy (non-hydrogen) atoms. The third kappa shape index (κ3) is 3.78. The molecule has 0 saturated heterocycles. The van der Waals surface area contributed by atoms with Crippen LogP contribution < -0.4 is 5.32 Å². The Bertz CT molecular complexity index is 939. The van der Waals surface area contributed by atoms with Crippen molar-refractivity contribution in [1.82, 2.24) is 9.97 Å². The Kier molecular flexibility index (Phi) is 4.85. The van der Waals surface area contributed by atoms with Crippen LogP contribution in [0.15, 0.2) is 24.3 Å². The summed E-state index contributed by atoms with van der Waals surface area (Å²) < 4.78 is 38.0. The van der Waals surface area contributed by atoms with E-state index in [2.05, 4.69) is 15.3 Å². The molecule has 1 N–H and O–H groups in total. The number of nitrogens with zero attached hydrogens (tertiary/aromatic N) is 2. The number of carbonyl (C=O) groups is 1. The second-order valence-corrected chi connectivity index (χ2v) is 7.83. The molecule has 1 aromatic carbocycles. The molecule has 3 rings (SSSR count). The lowest BCUT2D eigenvalue weighted by molar-refractivity contribution is -0.137. The first-order chi connectivity index (χ1) is 12.1. The SMILES string of the molecule is Cc1nc(NC(=O)c2sc(-c3ccc(C(F)(F)F)cc3)nc2C)sc1C. The van der Waals surface area contributed by atoms with Crippen molar-refractivity contribution in [3.05, 3.63) is 51.0 Å². The molecule has 136 valence electrons. The van der Waals surface area contributed by atoms with Gasteiger partial charge in [0.05, 0.1) is 17.0 Å². The Morgan fingerprint density at radius 3 is 2.19 bits per heavy atom. The van der Waals surface area contributed by atoms with Gasteiger partial charge in [0.15, 0.2) is 5.13 Å². The summed E-state index contributed by atoms with van der Waals surface area (Å²) in [5, 5.41) is 3.75. The van der Waals surface area contributed by atoms with Crippen molar-refractivity contribution in [1.29, 1.82) is 0 Å². The van der Waals surface area contributed by atoms with Gasteiger partial charge >= 0.3 is 6.18 Å². The minimum Gasteiger partial charge on any atom is -0.297 e. The molecule has 0 spiro atoms. The number of benzene rings is 1. The van der Waals surface area contributed by atoms with Gasteiger partial charge in [-0.25, -0.2) is 9.97 Å². The van der Waals surface area contributed by atoms with Gasteiger partial charge in [0.25, 0.3) is 5.91 Å². The van der Waals surface area contributed by atoms with E-state index in [1.165, 1.54) is 23.5 Å². The minimum absolute atomic E-state index is 0.327. The topological polar surface area (TPSA) is 54.9 Å². The second kappa shape index (κ2) is 6.81. The van der Waals surface area contributed by atoms with Crippen molar-refractivity contribution < 1.29 is 18.0 Å². The van der Waals surface area contributed by atoms with Gasteiger partial charge in [-0.15, -0.1) is 22.7 Å². The zero-order valence-electron chi connectivity index (χ0n) is 14.1. The normalized spacial score (nSPS) is 11.6. The maximum atomic E-state index is 12.7. The number of anilines is 1. The lowest BCUT2D eigenvalue weighted by Gasteiger charge is -2.06. The van der Waals surface area contributed by atoms with Crippen LogP contribution in [0.3, 0.4) is 0 Å². The Hall–Kier alpha value is -2.26. The van der Waals surface area contributed by atoms with E-state index in [0.29, 0.717) is 26.3 Å². The van der Waals surface area contributed by atoms with Crippen LogP contribution in [0, 0.1) is 20.8 Å². The highest BCUT2D eigenvalue weighted by molar-refractivity contribution is 7.18. The minimum atomic E-state index is -4.38. The number of halogens is 3. The maximum absolute atomic E-state index is 12.7. The van der Waals surface area contributed by atoms with Crippen LogP contribution in [0.1, 0.15) is 31.5 Å². The summed E-state index contributed by atoms with van der Waals surface area (Å²) in [5.41, 5.74) is 1.19. The van der Waals surface area contributed by atoms with E-state index in [4.69, 9.17) is 0 Å². The molecule has 1 amide bonds. The monoisotopic (exact) mass is 397 g/mol. The highest BCUT2D eigenvalue weighted by atomic mass is 32.1. The summed E-state index contributed by atoms with van der Waals surface area (Å²) in [7, 11) is 0. The van der Waals surface area contributed by atoms with E-state index < -0.39 is 11.7 Å². The number of nitrogens with one attached hydrogen (secondary N) is 1. The zero-order chi connectivity index (χ0) is 19.1. The highest BCUT2D eigenvalue weighted by Crippen LogP contribution is 2.33.